The number of ether oxygens (including phenoxy) is 1. The molecule has 0 radical (unpaired) electrons. The van der Waals surface area contributed by atoms with E-state index in [0.717, 1.165) is 19.3 Å². The topological polar surface area (TPSA) is 123 Å². The molecule has 9 nitrogen and oxygen atoms in total. The maximum Gasteiger partial charge on any atom is 0.408 e. The van der Waals surface area contributed by atoms with Crippen molar-refractivity contribution in [3.63, 3.8) is 0 Å². The lowest BCUT2D eigenvalue weighted by Gasteiger charge is -2.38. The fraction of sp³-hybridized carbons (Fsp3) is 0.762. The van der Waals surface area contributed by atoms with E-state index in [1.807, 2.05) is 13.8 Å². The Bertz CT molecular complexity index is 781. The summed E-state index contributed by atoms with van der Waals surface area (Å²) >= 11 is 1.24. The number of amides is 2. The largest absolute Gasteiger partial charge is 0.444 e. The minimum atomic E-state index is -1.12. The predicted molar refractivity (Wildman–Crippen MR) is 117 cm³/mol. The van der Waals surface area contributed by atoms with Gasteiger partial charge in [0.15, 0.2) is 0 Å². The zero-order valence-corrected chi connectivity index (χ0v) is 20.1. The molecule has 2 rings (SSSR count). The van der Waals surface area contributed by atoms with Gasteiger partial charge >= 0.3 is 6.09 Å². The van der Waals surface area contributed by atoms with Crippen LogP contribution in [0.5, 0.6) is 0 Å². The van der Waals surface area contributed by atoms with Gasteiger partial charge < -0.3 is 19.8 Å². The maximum atomic E-state index is 13.4. The van der Waals surface area contributed by atoms with Gasteiger partial charge in [-0.2, -0.15) is 0 Å². The maximum absolute atomic E-state index is 13.4. The van der Waals surface area contributed by atoms with Crippen molar-refractivity contribution in [3.8, 4) is 0 Å². The molecule has 0 spiro atoms. The highest BCUT2D eigenvalue weighted by molar-refractivity contribution is 7.98. The predicted octanol–water partition coefficient (Wildman–Crippen LogP) is 3.73. The SMILES string of the molecule is CSc1nnc(C(=O)[C@H](CC(C)C)NC(=O)C2(NC(=O)OC(C)(C)C)CCCCC2)o1. The minimum Gasteiger partial charge on any atom is -0.444 e. The second-order valence-electron chi connectivity index (χ2n) is 9.37. The van der Waals surface area contributed by atoms with Crippen LogP contribution in [0.3, 0.4) is 0 Å². The third-order valence-corrected chi connectivity index (χ3v) is 5.52. The number of hydrogen-bond acceptors (Lipinski definition) is 8. The molecule has 0 bridgehead atoms. The summed E-state index contributed by atoms with van der Waals surface area (Å²) in [5, 5.41) is 13.6. The van der Waals surface area contributed by atoms with E-state index in [-0.39, 0.29) is 22.9 Å². The third-order valence-electron chi connectivity index (χ3n) is 5.00. The average molecular weight is 455 g/mol. The quantitative estimate of drug-likeness (QED) is 0.450. The van der Waals surface area contributed by atoms with Gasteiger partial charge in [-0.05, 0) is 52.2 Å². The van der Waals surface area contributed by atoms with E-state index < -0.39 is 29.1 Å². The first-order valence-corrected chi connectivity index (χ1v) is 11.9. The van der Waals surface area contributed by atoms with Gasteiger partial charge in [0.1, 0.15) is 11.1 Å². The van der Waals surface area contributed by atoms with Crippen LogP contribution < -0.4 is 10.6 Å². The van der Waals surface area contributed by atoms with E-state index >= 15 is 0 Å². The molecule has 2 amide bonds. The van der Waals surface area contributed by atoms with Crippen LogP contribution in [-0.2, 0) is 9.53 Å². The molecule has 1 aliphatic carbocycles. The summed E-state index contributed by atoms with van der Waals surface area (Å²) in [6, 6.07) is -0.832. The van der Waals surface area contributed by atoms with Gasteiger partial charge in [0, 0.05) is 0 Å². The first-order valence-electron chi connectivity index (χ1n) is 10.7. The lowest BCUT2D eigenvalue weighted by atomic mass is 9.80. The van der Waals surface area contributed by atoms with Gasteiger partial charge in [0.2, 0.25) is 11.7 Å². The van der Waals surface area contributed by atoms with Crippen molar-refractivity contribution in [2.24, 2.45) is 5.92 Å². The van der Waals surface area contributed by atoms with Gasteiger partial charge in [-0.15, -0.1) is 10.2 Å². The van der Waals surface area contributed by atoms with Crippen LogP contribution in [0.15, 0.2) is 9.64 Å². The molecular formula is C21H34N4O5S. The second-order valence-corrected chi connectivity index (χ2v) is 10.1. The number of carbonyl (C=O) groups is 3. The lowest BCUT2D eigenvalue weighted by molar-refractivity contribution is -0.129. The monoisotopic (exact) mass is 454 g/mol. The third kappa shape index (κ3) is 7.22. The van der Waals surface area contributed by atoms with Gasteiger partial charge in [-0.25, -0.2) is 4.79 Å². The Morgan fingerprint density at radius 2 is 1.81 bits per heavy atom. The Balaban J connectivity index is 2.22. The van der Waals surface area contributed by atoms with Crippen LogP contribution in [0.2, 0.25) is 0 Å². The highest BCUT2D eigenvalue weighted by Gasteiger charge is 2.43. The molecule has 1 saturated carbocycles. The molecular weight excluding hydrogens is 420 g/mol. The number of carbonyl (C=O) groups excluding carboxylic acids is 3. The lowest BCUT2D eigenvalue weighted by Crippen LogP contribution is -2.62. The average Bonchev–Trinajstić information content (AvgIpc) is 3.14. The van der Waals surface area contributed by atoms with Crippen LogP contribution in [0, 0.1) is 5.92 Å². The van der Waals surface area contributed by atoms with Crippen LogP contribution in [-0.4, -0.2) is 51.4 Å². The van der Waals surface area contributed by atoms with Crippen molar-refractivity contribution in [1.29, 1.82) is 0 Å². The number of nitrogens with one attached hydrogen (secondary N) is 2. The van der Waals surface area contributed by atoms with E-state index in [1.165, 1.54) is 11.8 Å². The number of alkyl carbamates (subject to hydrolysis) is 1. The number of hydrogen-bond donors (Lipinski definition) is 2. The van der Waals surface area contributed by atoms with Crippen LogP contribution in [0.4, 0.5) is 4.79 Å². The number of thioether (sulfide) groups is 1. The van der Waals surface area contributed by atoms with Crippen LogP contribution >= 0.6 is 11.8 Å². The zero-order chi connectivity index (χ0) is 23.2. The van der Waals surface area contributed by atoms with E-state index in [4.69, 9.17) is 9.15 Å². The summed E-state index contributed by atoms with van der Waals surface area (Å²) in [6.07, 6.45) is 5.08. The van der Waals surface area contributed by atoms with Crippen LogP contribution in [0.25, 0.3) is 0 Å². The zero-order valence-electron chi connectivity index (χ0n) is 19.2. The molecule has 0 aliphatic heterocycles. The highest BCUT2D eigenvalue weighted by atomic mass is 32.2. The Labute approximate surface area is 187 Å². The van der Waals surface area contributed by atoms with Crippen molar-refractivity contribution >= 4 is 29.5 Å². The first-order chi connectivity index (χ1) is 14.5. The number of rotatable bonds is 8. The molecule has 1 fully saturated rings. The number of nitrogens with zero attached hydrogens (tertiary/aromatic N) is 2. The number of Topliss-reactive ketones (excluding diaryl/α,β-unsaturated/α-hetero) is 1. The Kier molecular flexibility index (Phi) is 8.50. The number of aromatic nitrogens is 2. The van der Waals surface area contributed by atoms with Crippen molar-refractivity contribution < 1.29 is 23.5 Å². The molecule has 1 aliphatic rings. The van der Waals surface area contributed by atoms with E-state index in [0.29, 0.717) is 19.3 Å². The normalized spacial score (nSPS) is 17.1. The van der Waals surface area contributed by atoms with Gasteiger partial charge in [0.25, 0.3) is 11.1 Å². The molecule has 31 heavy (non-hydrogen) atoms. The Morgan fingerprint density at radius 3 is 2.32 bits per heavy atom. The fourth-order valence-electron chi connectivity index (χ4n) is 3.60. The van der Waals surface area contributed by atoms with Gasteiger partial charge in [0.05, 0.1) is 6.04 Å². The fourth-order valence-corrected chi connectivity index (χ4v) is 3.89. The van der Waals surface area contributed by atoms with Gasteiger partial charge in [-0.3, -0.25) is 9.59 Å². The molecule has 1 aromatic rings. The van der Waals surface area contributed by atoms with Crippen molar-refractivity contribution in [2.75, 3.05) is 6.26 Å². The highest BCUT2D eigenvalue weighted by Crippen LogP contribution is 2.29. The first kappa shape index (κ1) is 25.2. The molecule has 1 atom stereocenters. The molecule has 0 saturated heterocycles. The minimum absolute atomic E-state index is 0.131. The van der Waals surface area contributed by atoms with Crippen molar-refractivity contribution in [1.82, 2.24) is 20.8 Å². The molecule has 174 valence electrons. The molecule has 1 aromatic heterocycles. The molecule has 1 heterocycles. The van der Waals surface area contributed by atoms with Crippen LogP contribution in [0.1, 0.15) is 83.8 Å². The van der Waals surface area contributed by atoms with Crippen molar-refractivity contribution in [2.45, 2.75) is 95.5 Å². The van der Waals surface area contributed by atoms with Gasteiger partial charge in [-0.1, -0.05) is 44.9 Å². The van der Waals surface area contributed by atoms with Crippen molar-refractivity contribution in [3.05, 3.63) is 5.89 Å². The molecule has 0 aromatic carbocycles. The smallest absolute Gasteiger partial charge is 0.408 e. The standard InChI is InChI=1S/C21H34N4O5S/c1-13(2)12-14(15(26)16-24-25-19(29-16)31-6)22-17(27)21(10-8-7-9-11-21)23-18(28)30-20(3,4)5/h13-14H,7-12H2,1-6H3,(H,22,27)(H,23,28)/t14-/m0/s1. The molecule has 2 N–H and O–H groups in total. The van der Waals surface area contributed by atoms with E-state index in [1.54, 1.807) is 27.0 Å². The summed E-state index contributed by atoms with van der Waals surface area (Å²) in [6.45, 7) is 9.23. The summed E-state index contributed by atoms with van der Waals surface area (Å²) in [7, 11) is 0. The summed E-state index contributed by atoms with van der Waals surface area (Å²) < 4.78 is 10.8. The van der Waals surface area contributed by atoms with E-state index in [9.17, 15) is 14.4 Å². The Morgan fingerprint density at radius 1 is 1.16 bits per heavy atom. The second kappa shape index (κ2) is 10.5. The molecule has 10 heteroatoms. The summed E-state index contributed by atoms with van der Waals surface area (Å²) in [4.78, 5) is 38.9. The Hall–Kier alpha value is -2.10. The summed E-state index contributed by atoms with van der Waals surface area (Å²) in [5.74, 6) is -0.814. The number of ketones is 1. The van der Waals surface area contributed by atoms with E-state index in [2.05, 4.69) is 20.8 Å². The summed E-state index contributed by atoms with van der Waals surface area (Å²) in [5.41, 5.74) is -1.80. The molecule has 0 unspecified atom stereocenters.